The fourth-order valence-electron chi connectivity index (χ4n) is 4.38. The quantitative estimate of drug-likeness (QED) is 0.822. The van der Waals surface area contributed by atoms with Crippen molar-refractivity contribution in [2.45, 2.75) is 77.9 Å². The molecule has 3 fully saturated rings. The molecule has 2 N–H and O–H groups in total. The van der Waals surface area contributed by atoms with Crippen LogP contribution in [0.4, 0.5) is 0 Å². The summed E-state index contributed by atoms with van der Waals surface area (Å²) >= 11 is 0. The predicted molar refractivity (Wildman–Crippen MR) is 76.8 cm³/mol. The van der Waals surface area contributed by atoms with E-state index in [1.807, 2.05) is 0 Å². The van der Waals surface area contributed by atoms with Gasteiger partial charge in [-0.2, -0.15) is 0 Å². The van der Waals surface area contributed by atoms with Gasteiger partial charge in [0.1, 0.15) is 0 Å². The second kappa shape index (κ2) is 4.21. The van der Waals surface area contributed by atoms with Gasteiger partial charge in [0.25, 0.3) is 0 Å². The third kappa shape index (κ3) is 2.20. The Morgan fingerprint density at radius 1 is 1.11 bits per heavy atom. The van der Waals surface area contributed by atoms with Gasteiger partial charge in [-0.3, -0.25) is 4.79 Å². The van der Waals surface area contributed by atoms with Crippen molar-refractivity contribution in [3.63, 3.8) is 0 Å². The van der Waals surface area contributed by atoms with E-state index < -0.39 is 0 Å². The molecule has 3 nitrogen and oxygen atoms in total. The number of nitrogens with one attached hydrogen (secondary N) is 2. The summed E-state index contributed by atoms with van der Waals surface area (Å²) in [6.45, 7) is 9.01. The first-order valence-electron chi connectivity index (χ1n) is 7.86. The van der Waals surface area contributed by atoms with Crippen LogP contribution in [0.15, 0.2) is 0 Å². The summed E-state index contributed by atoms with van der Waals surface area (Å²) in [4.78, 5) is 12.2. The smallest absolute Gasteiger partial charge is 0.220 e. The van der Waals surface area contributed by atoms with Crippen LogP contribution in [0.1, 0.15) is 59.8 Å². The number of piperidine rings is 1. The first kappa shape index (κ1) is 13.4. The lowest BCUT2D eigenvalue weighted by atomic mass is 9.89. The van der Waals surface area contributed by atoms with E-state index in [9.17, 15) is 4.79 Å². The van der Waals surface area contributed by atoms with Gasteiger partial charge in [0.15, 0.2) is 0 Å². The molecule has 1 aliphatic carbocycles. The van der Waals surface area contributed by atoms with E-state index in [4.69, 9.17) is 0 Å². The van der Waals surface area contributed by atoms with Crippen LogP contribution in [0.2, 0.25) is 0 Å². The van der Waals surface area contributed by atoms with Crippen LogP contribution >= 0.6 is 0 Å². The topological polar surface area (TPSA) is 41.1 Å². The molecule has 2 saturated heterocycles. The Kier molecular flexibility index (Phi) is 2.97. The van der Waals surface area contributed by atoms with Crippen molar-refractivity contribution < 1.29 is 4.79 Å². The van der Waals surface area contributed by atoms with Crippen molar-refractivity contribution in [1.82, 2.24) is 10.6 Å². The maximum atomic E-state index is 12.2. The first-order valence-corrected chi connectivity index (χ1v) is 7.86. The summed E-state index contributed by atoms with van der Waals surface area (Å²) in [7, 11) is 0. The van der Waals surface area contributed by atoms with Gasteiger partial charge in [-0.1, -0.05) is 27.7 Å². The minimum Gasteiger partial charge on any atom is -0.352 e. The normalized spacial score (nSPS) is 39.1. The van der Waals surface area contributed by atoms with Crippen LogP contribution in [0.25, 0.3) is 0 Å². The summed E-state index contributed by atoms with van der Waals surface area (Å²) in [6, 6.07) is 1.72. The van der Waals surface area contributed by atoms with Gasteiger partial charge in [0, 0.05) is 24.5 Å². The van der Waals surface area contributed by atoms with E-state index in [0.29, 0.717) is 24.0 Å². The third-order valence-electron chi connectivity index (χ3n) is 6.37. The van der Waals surface area contributed by atoms with Gasteiger partial charge in [-0.15, -0.1) is 0 Å². The molecular weight excluding hydrogens is 236 g/mol. The lowest BCUT2D eigenvalue weighted by Gasteiger charge is -2.28. The number of hydrogen-bond donors (Lipinski definition) is 2. The molecule has 0 radical (unpaired) electrons. The van der Waals surface area contributed by atoms with Crippen LogP contribution < -0.4 is 10.6 Å². The molecule has 3 rings (SSSR count). The number of rotatable bonds is 3. The first-order chi connectivity index (χ1) is 8.80. The van der Waals surface area contributed by atoms with Crippen molar-refractivity contribution in [2.75, 3.05) is 0 Å². The minimum atomic E-state index is 0.246. The molecule has 2 aliphatic heterocycles. The van der Waals surface area contributed by atoms with Gasteiger partial charge in [-0.25, -0.2) is 0 Å². The summed E-state index contributed by atoms with van der Waals surface area (Å²) < 4.78 is 0. The summed E-state index contributed by atoms with van der Waals surface area (Å²) in [5, 5.41) is 6.91. The van der Waals surface area contributed by atoms with E-state index >= 15 is 0 Å². The molecule has 108 valence electrons. The zero-order valence-corrected chi connectivity index (χ0v) is 12.8. The SMILES string of the molecule is CC1(C)C(NC(=O)CC2CC3CCC(C2)N3)C1(C)C. The summed E-state index contributed by atoms with van der Waals surface area (Å²) in [6.07, 6.45) is 5.75. The molecule has 0 spiro atoms. The molecule has 2 bridgehead atoms. The average Bonchev–Trinajstić information content (AvgIpc) is 2.59. The fourth-order valence-corrected chi connectivity index (χ4v) is 4.38. The Morgan fingerprint density at radius 2 is 1.63 bits per heavy atom. The lowest BCUT2D eigenvalue weighted by molar-refractivity contribution is -0.122. The highest BCUT2D eigenvalue weighted by Gasteiger charge is 2.65. The van der Waals surface area contributed by atoms with Crippen LogP contribution in [0.3, 0.4) is 0 Å². The number of hydrogen-bond acceptors (Lipinski definition) is 2. The molecule has 1 saturated carbocycles. The van der Waals surface area contributed by atoms with E-state index in [-0.39, 0.29) is 16.7 Å². The monoisotopic (exact) mass is 264 g/mol. The largest absolute Gasteiger partial charge is 0.352 e. The minimum absolute atomic E-state index is 0.246. The number of carbonyl (C=O) groups is 1. The molecule has 2 heterocycles. The highest BCUT2D eigenvalue weighted by molar-refractivity contribution is 5.77. The Balaban J connectivity index is 1.50. The van der Waals surface area contributed by atoms with Gasteiger partial charge in [0.05, 0.1) is 0 Å². The third-order valence-corrected chi connectivity index (χ3v) is 6.37. The molecule has 2 unspecified atom stereocenters. The van der Waals surface area contributed by atoms with Crippen LogP contribution in [0.5, 0.6) is 0 Å². The van der Waals surface area contributed by atoms with Gasteiger partial charge in [-0.05, 0) is 42.4 Å². The molecule has 3 aliphatic rings. The molecule has 0 aromatic rings. The Hall–Kier alpha value is -0.570. The van der Waals surface area contributed by atoms with Gasteiger partial charge >= 0.3 is 0 Å². The Bertz CT molecular complexity index is 362. The Labute approximate surface area is 116 Å². The molecule has 0 aromatic carbocycles. The molecule has 19 heavy (non-hydrogen) atoms. The van der Waals surface area contributed by atoms with E-state index in [0.717, 1.165) is 6.42 Å². The van der Waals surface area contributed by atoms with Gasteiger partial charge < -0.3 is 10.6 Å². The van der Waals surface area contributed by atoms with Crippen LogP contribution in [-0.2, 0) is 4.79 Å². The molecule has 0 aromatic heterocycles. The van der Waals surface area contributed by atoms with Crippen molar-refractivity contribution in [3.05, 3.63) is 0 Å². The highest BCUT2D eigenvalue weighted by atomic mass is 16.1. The van der Waals surface area contributed by atoms with Crippen molar-refractivity contribution >= 4 is 5.91 Å². The second-order valence-corrected chi connectivity index (χ2v) is 8.12. The fraction of sp³-hybridized carbons (Fsp3) is 0.938. The van der Waals surface area contributed by atoms with Crippen molar-refractivity contribution in [3.8, 4) is 0 Å². The van der Waals surface area contributed by atoms with Crippen molar-refractivity contribution in [1.29, 1.82) is 0 Å². The van der Waals surface area contributed by atoms with Crippen LogP contribution in [0, 0.1) is 16.7 Å². The summed E-state index contributed by atoms with van der Waals surface area (Å²) in [5.41, 5.74) is 0.492. The maximum Gasteiger partial charge on any atom is 0.220 e. The zero-order valence-electron chi connectivity index (χ0n) is 12.8. The number of carbonyl (C=O) groups excluding carboxylic acids is 1. The van der Waals surface area contributed by atoms with Crippen LogP contribution in [-0.4, -0.2) is 24.0 Å². The lowest BCUT2D eigenvalue weighted by Crippen LogP contribution is -2.40. The Morgan fingerprint density at radius 3 is 2.11 bits per heavy atom. The molecule has 1 amide bonds. The average molecular weight is 264 g/mol. The number of fused-ring (bicyclic) bond motifs is 2. The standard InChI is InChI=1S/C16H28N2O/c1-15(2)14(16(15,3)4)18-13(19)9-10-7-11-5-6-12(8-10)17-11/h10-12,14,17H,5-9H2,1-4H3,(H,18,19). The van der Waals surface area contributed by atoms with E-state index in [2.05, 4.69) is 38.3 Å². The van der Waals surface area contributed by atoms with Crippen molar-refractivity contribution in [2.24, 2.45) is 16.7 Å². The number of amides is 1. The van der Waals surface area contributed by atoms with E-state index in [1.165, 1.54) is 25.7 Å². The second-order valence-electron chi connectivity index (χ2n) is 8.12. The maximum absolute atomic E-state index is 12.2. The zero-order chi connectivity index (χ0) is 13.8. The molecular formula is C16H28N2O. The van der Waals surface area contributed by atoms with Gasteiger partial charge in [0.2, 0.25) is 5.91 Å². The molecule has 2 atom stereocenters. The molecule has 3 heteroatoms. The highest BCUT2D eigenvalue weighted by Crippen LogP contribution is 2.62. The summed E-state index contributed by atoms with van der Waals surface area (Å²) in [5.74, 6) is 0.874. The predicted octanol–water partition coefficient (Wildman–Crippen LogP) is 2.46. The van der Waals surface area contributed by atoms with E-state index in [1.54, 1.807) is 0 Å².